The van der Waals surface area contributed by atoms with Gasteiger partial charge in [-0.1, -0.05) is 13.8 Å². The van der Waals surface area contributed by atoms with Crippen LogP contribution in [0.2, 0.25) is 0 Å². The second-order valence-electron chi connectivity index (χ2n) is 6.46. The first-order valence-electron chi connectivity index (χ1n) is 7.76. The number of likely N-dealkylation sites (tertiary alicyclic amines) is 1. The number of hydrogen-bond donors (Lipinski definition) is 3. The van der Waals surface area contributed by atoms with E-state index in [2.05, 4.69) is 0 Å². The van der Waals surface area contributed by atoms with E-state index in [1.807, 2.05) is 20.1 Å². The molecule has 8 heteroatoms. The van der Waals surface area contributed by atoms with Crippen LogP contribution in [-0.2, 0) is 14.4 Å². The van der Waals surface area contributed by atoms with Crippen LogP contribution >= 0.6 is 11.8 Å². The van der Waals surface area contributed by atoms with Crippen molar-refractivity contribution in [2.45, 2.75) is 50.7 Å². The number of carbonyl (C=O) groups is 3. The lowest BCUT2D eigenvalue weighted by Gasteiger charge is -2.34. The largest absolute Gasteiger partial charge is 0.480 e. The van der Waals surface area contributed by atoms with Gasteiger partial charge < -0.3 is 21.5 Å². The Morgan fingerprint density at radius 1 is 1.48 bits per heavy atom. The highest BCUT2D eigenvalue weighted by Crippen LogP contribution is 2.25. The molecule has 0 aromatic heterocycles. The van der Waals surface area contributed by atoms with Gasteiger partial charge in [-0.15, -0.1) is 0 Å². The summed E-state index contributed by atoms with van der Waals surface area (Å²) in [6, 6.07) is -1.46. The predicted octanol–water partition coefficient (Wildman–Crippen LogP) is 0.0650. The molecule has 0 saturated carbocycles. The summed E-state index contributed by atoms with van der Waals surface area (Å²) in [5.41, 5.74) is 9.72. The van der Waals surface area contributed by atoms with Crippen LogP contribution in [0.4, 0.5) is 0 Å². The van der Waals surface area contributed by atoms with Crippen molar-refractivity contribution in [2.24, 2.45) is 17.4 Å². The van der Waals surface area contributed by atoms with Crippen LogP contribution in [-0.4, -0.2) is 63.8 Å². The quantitative estimate of drug-likeness (QED) is 0.504. The SMILES string of the molecule is CSCCC(N)(C(=O)O)C(=O)C(CC(C)C)N1CCC(N)C1=O. The smallest absolute Gasteiger partial charge is 0.331 e. The summed E-state index contributed by atoms with van der Waals surface area (Å²) in [5.74, 6) is -1.68. The van der Waals surface area contributed by atoms with Gasteiger partial charge in [-0.2, -0.15) is 11.8 Å². The number of hydrogen-bond acceptors (Lipinski definition) is 6. The van der Waals surface area contributed by atoms with Gasteiger partial charge in [0.1, 0.15) is 0 Å². The standard InChI is InChI=1S/C15H27N3O4S/c1-9(2)8-11(18-6-4-10(16)13(18)20)12(19)15(17,14(21)22)5-7-23-3/h9-11H,4-8,16-17H2,1-3H3,(H,21,22). The minimum atomic E-state index is -1.98. The second-order valence-corrected chi connectivity index (χ2v) is 7.44. The molecule has 1 aliphatic rings. The Hall–Kier alpha value is -1.12. The maximum Gasteiger partial charge on any atom is 0.331 e. The number of rotatable bonds is 9. The highest BCUT2D eigenvalue weighted by atomic mass is 32.2. The molecule has 1 amide bonds. The van der Waals surface area contributed by atoms with Gasteiger partial charge in [-0.25, -0.2) is 4.79 Å². The number of Topliss-reactive ketones (excluding diaryl/α,β-unsaturated/α-hetero) is 1. The zero-order valence-corrected chi connectivity index (χ0v) is 14.8. The molecular formula is C15H27N3O4S. The number of ketones is 1. The Kier molecular flexibility index (Phi) is 7.03. The number of nitrogens with zero attached hydrogens (tertiary/aromatic N) is 1. The topological polar surface area (TPSA) is 127 Å². The molecule has 23 heavy (non-hydrogen) atoms. The first-order valence-corrected chi connectivity index (χ1v) is 9.16. The fourth-order valence-corrected chi connectivity index (χ4v) is 3.28. The van der Waals surface area contributed by atoms with Crippen LogP contribution < -0.4 is 11.5 Å². The lowest BCUT2D eigenvalue weighted by Crippen LogP contribution is -2.62. The Morgan fingerprint density at radius 2 is 2.09 bits per heavy atom. The maximum absolute atomic E-state index is 12.9. The van der Waals surface area contributed by atoms with Gasteiger partial charge >= 0.3 is 5.97 Å². The summed E-state index contributed by atoms with van der Waals surface area (Å²) in [7, 11) is 0. The van der Waals surface area contributed by atoms with E-state index in [-0.39, 0.29) is 18.2 Å². The Labute approximate surface area is 141 Å². The van der Waals surface area contributed by atoms with Crippen molar-refractivity contribution in [3.63, 3.8) is 0 Å². The van der Waals surface area contributed by atoms with Gasteiger partial charge in [0.25, 0.3) is 0 Å². The minimum absolute atomic E-state index is 0.0328. The van der Waals surface area contributed by atoms with Crippen molar-refractivity contribution in [3.8, 4) is 0 Å². The van der Waals surface area contributed by atoms with Crippen molar-refractivity contribution >= 4 is 29.4 Å². The van der Waals surface area contributed by atoms with Gasteiger partial charge in [0, 0.05) is 6.54 Å². The van der Waals surface area contributed by atoms with Crippen LogP contribution in [0.3, 0.4) is 0 Å². The van der Waals surface area contributed by atoms with Crippen LogP contribution in [0.1, 0.15) is 33.1 Å². The van der Waals surface area contributed by atoms with E-state index in [1.54, 1.807) is 0 Å². The highest BCUT2D eigenvalue weighted by Gasteiger charge is 2.48. The third-order valence-corrected chi connectivity index (χ3v) is 4.79. The molecule has 7 nitrogen and oxygen atoms in total. The zero-order valence-electron chi connectivity index (χ0n) is 13.9. The van der Waals surface area contributed by atoms with Crippen LogP contribution in [0.25, 0.3) is 0 Å². The molecule has 5 N–H and O–H groups in total. The number of amides is 1. The first-order chi connectivity index (χ1) is 10.6. The Bertz CT molecular complexity index is 472. The molecule has 3 atom stereocenters. The van der Waals surface area contributed by atoms with Crippen molar-refractivity contribution in [3.05, 3.63) is 0 Å². The van der Waals surface area contributed by atoms with E-state index >= 15 is 0 Å². The highest BCUT2D eigenvalue weighted by molar-refractivity contribution is 7.98. The third kappa shape index (κ3) is 4.45. The fraction of sp³-hybridized carbons (Fsp3) is 0.800. The summed E-state index contributed by atoms with van der Waals surface area (Å²) in [4.78, 5) is 38.2. The zero-order chi connectivity index (χ0) is 17.8. The third-order valence-electron chi connectivity index (χ3n) is 4.18. The van der Waals surface area contributed by atoms with E-state index in [9.17, 15) is 19.5 Å². The average Bonchev–Trinajstić information content (AvgIpc) is 2.81. The molecule has 1 aliphatic heterocycles. The number of nitrogens with two attached hydrogens (primary N) is 2. The monoisotopic (exact) mass is 345 g/mol. The van der Waals surface area contributed by atoms with Crippen LogP contribution in [0, 0.1) is 5.92 Å². The number of aliphatic carboxylic acids is 1. The normalized spacial score (nSPS) is 22.3. The predicted molar refractivity (Wildman–Crippen MR) is 90.1 cm³/mol. The summed E-state index contributed by atoms with van der Waals surface area (Å²) < 4.78 is 0. The van der Waals surface area contributed by atoms with E-state index in [0.29, 0.717) is 25.1 Å². The van der Waals surface area contributed by atoms with E-state index < -0.39 is 29.4 Å². The molecule has 0 spiro atoms. The molecule has 0 bridgehead atoms. The van der Waals surface area contributed by atoms with Crippen molar-refractivity contribution in [2.75, 3.05) is 18.6 Å². The number of carboxylic acid groups (broad SMARTS) is 1. The van der Waals surface area contributed by atoms with Crippen LogP contribution in [0.5, 0.6) is 0 Å². The molecule has 1 rings (SSSR count). The molecule has 132 valence electrons. The fourth-order valence-electron chi connectivity index (χ4n) is 2.75. The molecule has 1 heterocycles. The van der Waals surface area contributed by atoms with Gasteiger partial charge in [0.05, 0.1) is 12.1 Å². The molecule has 3 unspecified atom stereocenters. The van der Waals surface area contributed by atoms with E-state index in [4.69, 9.17) is 11.5 Å². The Balaban J connectivity index is 3.11. The van der Waals surface area contributed by atoms with Crippen LogP contribution in [0.15, 0.2) is 0 Å². The molecule has 0 aromatic rings. The molecule has 1 fully saturated rings. The Morgan fingerprint density at radius 3 is 2.48 bits per heavy atom. The van der Waals surface area contributed by atoms with Crippen molar-refractivity contribution in [1.29, 1.82) is 0 Å². The van der Waals surface area contributed by atoms with Gasteiger partial charge in [0.15, 0.2) is 11.3 Å². The minimum Gasteiger partial charge on any atom is -0.480 e. The summed E-state index contributed by atoms with van der Waals surface area (Å²) in [6.07, 6.45) is 2.70. The molecular weight excluding hydrogens is 318 g/mol. The van der Waals surface area contributed by atoms with Crippen molar-refractivity contribution < 1.29 is 19.5 Å². The summed E-state index contributed by atoms with van der Waals surface area (Å²) in [6.45, 7) is 4.20. The second kappa shape index (κ2) is 8.12. The van der Waals surface area contributed by atoms with Crippen molar-refractivity contribution in [1.82, 2.24) is 4.90 Å². The van der Waals surface area contributed by atoms with E-state index in [1.165, 1.54) is 16.7 Å². The molecule has 0 aliphatic carbocycles. The summed E-state index contributed by atoms with van der Waals surface area (Å²) in [5, 5.41) is 9.49. The number of thioether (sulfide) groups is 1. The number of carbonyl (C=O) groups excluding carboxylic acids is 2. The molecule has 1 saturated heterocycles. The van der Waals surface area contributed by atoms with E-state index in [0.717, 1.165) is 0 Å². The van der Waals surface area contributed by atoms with Gasteiger partial charge in [-0.3, -0.25) is 9.59 Å². The molecule has 0 aromatic carbocycles. The van der Waals surface area contributed by atoms with Gasteiger partial charge in [0.2, 0.25) is 5.91 Å². The number of carboxylic acids is 1. The average molecular weight is 345 g/mol. The summed E-state index contributed by atoms with van der Waals surface area (Å²) >= 11 is 1.43. The maximum atomic E-state index is 12.9. The molecule has 0 radical (unpaired) electrons. The first kappa shape index (κ1) is 19.9. The lowest BCUT2D eigenvalue weighted by molar-refractivity contribution is -0.152. The van der Waals surface area contributed by atoms with Gasteiger partial charge in [-0.05, 0) is 37.2 Å². The lowest BCUT2D eigenvalue weighted by atomic mass is 9.84.